The predicted molar refractivity (Wildman–Crippen MR) is 95.9 cm³/mol. The molecule has 6 heteroatoms. The van der Waals surface area contributed by atoms with E-state index in [0.717, 1.165) is 31.5 Å². The van der Waals surface area contributed by atoms with Crippen LogP contribution in [0.5, 0.6) is 0 Å². The average molecular weight is 398 g/mol. The molecule has 0 bridgehead atoms. The highest BCUT2D eigenvalue weighted by Gasteiger charge is 2.33. The summed E-state index contributed by atoms with van der Waals surface area (Å²) in [6.07, 6.45) is 1.29. The molecule has 0 aromatic heterocycles. The number of guanidine groups is 1. The van der Waals surface area contributed by atoms with E-state index in [9.17, 15) is 0 Å². The van der Waals surface area contributed by atoms with Crippen LogP contribution in [0.15, 0.2) is 4.99 Å². The van der Waals surface area contributed by atoms with Crippen LogP contribution in [0, 0.1) is 5.92 Å². The van der Waals surface area contributed by atoms with Crippen LogP contribution in [-0.2, 0) is 0 Å². The van der Waals surface area contributed by atoms with E-state index >= 15 is 0 Å². The van der Waals surface area contributed by atoms with E-state index in [1.165, 1.54) is 31.0 Å². The van der Waals surface area contributed by atoms with Crippen molar-refractivity contribution in [1.82, 2.24) is 15.5 Å². The van der Waals surface area contributed by atoms with Gasteiger partial charge in [0, 0.05) is 43.7 Å². The van der Waals surface area contributed by atoms with Gasteiger partial charge in [-0.25, -0.2) is 0 Å². The first-order valence-corrected chi connectivity index (χ1v) is 8.30. The van der Waals surface area contributed by atoms with E-state index in [2.05, 4.69) is 46.1 Å². The Morgan fingerprint density at radius 1 is 1.37 bits per heavy atom. The van der Waals surface area contributed by atoms with Crippen molar-refractivity contribution in [3.8, 4) is 0 Å². The van der Waals surface area contributed by atoms with Gasteiger partial charge < -0.3 is 10.6 Å². The maximum absolute atomic E-state index is 4.67. The summed E-state index contributed by atoms with van der Waals surface area (Å²) in [5.41, 5.74) is 0. The number of thioether (sulfide) groups is 1. The summed E-state index contributed by atoms with van der Waals surface area (Å²) in [5.74, 6) is 4.37. The van der Waals surface area contributed by atoms with Crippen molar-refractivity contribution in [2.24, 2.45) is 10.9 Å². The van der Waals surface area contributed by atoms with E-state index in [-0.39, 0.29) is 24.0 Å². The van der Waals surface area contributed by atoms with Crippen molar-refractivity contribution in [2.75, 3.05) is 44.2 Å². The first-order valence-electron chi connectivity index (χ1n) is 7.14. The topological polar surface area (TPSA) is 39.7 Å². The quantitative estimate of drug-likeness (QED) is 0.420. The maximum Gasteiger partial charge on any atom is 0.191 e. The molecule has 0 radical (unpaired) electrons. The van der Waals surface area contributed by atoms with Crippen LogP contribution in [-0.4, -0.2) is 61.1 Å². The van der Waals surface area contributed by atoms with E-state index < -0.39 is 0 Å². The molecule has 0 amide bonds. The summed E-state index contributed by atoms with van der Waals surface area (Å²) in [6, 6.07) is 0.647. The van der Waals surface area contributed by atoms with Crippen LogP contribution in [0.3, 0.4) is 0 Å². The zero-order valence-electron chi connectivity index (χ0n) is 12.0. The smallest absolute Gasteiger partial charge is 0.191 e. The first-order chi connectivity index (χ1) is 8.79. The summed E-state index contributed by atoms with van der Waals surface area (Å²) in [6.45, 7) is 9.79. The average Bonchev–Trinajstić information content (AvgIpc) is 3.06. The molecule has 2 atom stereocenters. The van der Waals surface area contributed by atoms with Crippen LogP contribution in [0.2, 0.25) is 0 Å². The van der Waals surface area contributed by atoms with Gasteiger partial charge in [0.15, 0.2) is 5.96 Å². The van der Waals surface area contributed by atoms with Crippen LogP contribution in [0.25, 0.3) is 0 Å². The molecule has 19 heavy (non-hydrogen) atoms. The molecular weight excluding hydrogens is 371 g/mol. The Morgan fingerprint density at radius 2 is 2.05 bits per heavy atom. The van der Waals surface area contributed by atoms with Gasteiger partial charge in [0.05, 0.1) is 6.54 Å². The molecule has 1 aliphatic heterocycles. The monoisotopic (exact) mass is 398 g/mol. The van der Waals surface area contributed by atoms with E-state index in [1.54, 1.807) is 0 Å². The lowest BCUT2D eigenvalue weighted by molar-refractivity contribution is 0.311. The molecule has 2 N–H and O–H groups in total. The third-order valence-electron chi connectivity index (χ3n) is 3.57. The number of halogens is 1. The fourth-order valence-corrected chi connectivity index (χ4v) is 3.13. The second-order valence-corrected chi connectivity index (χ2v) is 6.40. The molecule has 1 heterocycles. The Balaban J connectivity index is 0.00000180. The standard InChI is InChI=1S/C13H26N4S.HI/c1-3-14-13(16-12-10-11(12)2)15-4-5-17-6-8-18-9-7-17;/h11-12H,3-10H2,1-2H3,(H2,14,15,16);1H. The minimum Gasteiger partial charge on any atom is -0.357 e. The lowest BCUT2D eigenvalue weighted by Gasteiger charge is -2.25. The van der Waals surface area contributed by atoms with Crippen LogP contribution >= 0.6 is 35.7 Å². The van der Waals surface area contributed by atoms with E-state index in [4.69, 9.17) is 0 Å². The Kier molecular flexibility index (Phi) is 8.48. The normalized spacial score (nSPS) is 27.6. The van der Waals surface area contributed by atoms with Crippen LogP contribution in [0.4, 0.5) is 0 Å². The zero-order valence-corrected chi connectivity index (χ0v) is 15.2. The van der Waals surface area contributed by atoms with Gasteiger partial charge in [0.25, 0.3) is 0 Å². The third-order valence-corrected chi connectivity index (χ3v) is 4.51. The minimum atomic E-state index is 0. The number of aliphatic imine (C=N–C) groups is 1. The van der Waals surface area contributed by atoms with Gasteiger partial charge in [-0.05, 0) is 19.3 Å². The molecule has 2 unspecified atom stereocenters. The molecule has 1 saturated carbocycles. The predicted octanol–water partition coefficient (Wildman–Crippen LogP) is 1.62. The number of nitrogens with zero attached hydrogens (tertiary/aromatic N) is 2. The fourth-order valence-electron chi connectivity index (χ4n) is 2.15. The van der Waals surface area contributed by atoms with Crippen molar-refractivity contribution in [3.63, 3.8) is 0 Å². The summed E-state index contributed by atoms with van der Waals surface area (Å²) in [7, 11) is 0. The van der Waals surface area contributed by atoms with E-state index in [0.29, 0.717) is 6.04 Å². The molecule has 4 nitrogen and oxygen atoms in total. The molecule has 0 aromatic carbocycles. The third kappa shape index (κ3) is 6.53. The van der Waals surface area contributed by atoms with Crippen molar-refractivity contribution in [2.45, 2.75) is 26.3 Å². The van der Waals surface area contributed by atoms with Gasteiger partial charge in [0.2, 0.25) is 0 Å². The Labute approximate surface area is 138 Å². The Hall–Kier alpha value is 0.310. The van der Waals surface area contributed by atoms with Gasteiger partial charge in [0.1, 0.15) is 0 Å². The molecule has 2 fully saturated rings. The van der Waals surface area contributed by atoms with Gasteiger partial charge in [-0.15, -0.1) is 24.0 Å². The van der Waals surface area contributed by atoms with Crippen molar-refractivity contribution in [1.29, 1.82) is 0 Å². The minimum absolute atomic E-state index is 0. The highest BCUT2D eigenvalue weighted by atomic mass is 127. The molecule has 112 valence electrons. The highest BCUT2D eigenvalue weighted by Crippen LogP contribution is 2.28. The first kappa shape index (κ1) is 17.4. The summed E-state index contributed by atoms with van der Waals surface area (Å²) in [5, 5.41) is 6.82. The van der Waals surface area contributed by atoms with Crippen LogP contribution in [0.1, 0.15) is 20.3 Å². The number of hydrogen-bond acceptors (Lipinski definition) is 3. The van der Waals surface area contributed by atoms with Crippen molar-refractivity contribution < 1.29 is 0 Å². The van der Waals surface area contributed by atoms with Gasteiger partial charge in [-0.1, -0.05) is 6.92 Å². The molecule has 2 aliphatic rings. The number of hydrogen-bond donors (Lipinski definition) is 2. The highest BCUT2D eigenvalue weighted by molar-refractivity contribution is 14.0. The van der Waals surface area contributed by atoms with E-state index in [1.807, 2.05) is 0 Å². The maximum atomic E-state index is 4.67. The largest absolute Gasteiger partial charge is 0.357 e. The second kappa shape index (κ2) is 9.28. The Bertz CT molecular complexity index is 282. The summed E-state index contributed by atoms with van der Waals surface area (Å²) >= 11 is 2.06. The zero-order chi connectivity index (χ0) is 12.8. The molecular formula is C13H27IN4S. The lowest BCUT2D eigenvalue weighted by Crippen LogP contribution is -2.40. The molecule has 1 aliphatic carbocycles. The summed E-state index contributed by atoms with van der Waals surface area (Å²) < 4.78 is 0. The molecule has 2 rings (SSSR count). The van der Waals surface area contributed by atoms with Gasteiger partial charge in [-0.2, -0.15) is 11.8 Å². The summed E-state index contributed by atoms with van der Waals surface area (Å²) in [4.78, 5) is 7.19. The van der Waals surface area contributed by atoms with Gasteiger partial charge in [-0.3, -0.25) is 9.89 Å². The fraction of sp³-hybridized carbons (Fsp3) is 0.923. The number of rotatable bonds is 5. The second-order valence-electron chi connectivity index (χ2n) is 5.18. The van der Waals surface area contributed by atoms with Crippen molar-refractivity contribution in [3.05, 3.63) is 0 Å². The molecule has 0 aromatic rings. The molecule has 1 saturated heterocycles. The van der Waals surface area contributed by atoms with Gasteiger partial charge >= 0.3 is 0 Å². The SMILES string of the molecule is CCNC(=NCCN1CCSCC1)NC1CC1C.I. The Morgan fingerprint density at radius 3 is 2.63 bits per heavy atom. The van der Waals surface area contributed by atoms with Crippen molar-refractivity contribution >= 4 is 41.7 Å². The lowest BCUT2D eigenvalue weighted by atomic mass is 10.4. The number of nitrogens with one attached hydrogen (secondary N) is 2. The molecule has 0 spiro atoms. The van der Waals surface area contributed by atoms with Crippen LogP contribution < -0.4 is 10.6 Å².